The highest BCUT2D eigenvalue weighted by atomic mass is 16.6. The maximum atomic E-state index is 11.7. The molecule has 134 valence electrons. The number of carbonyl (C=O) groups excluding carboxylic acids is 1. The second kappa shape index (κ2) is 9.80. The summed E-state index contributed by atoms with van der Waals surface area (Å²) in [5, 5.41) is 6.33. The molecule has 0 atom stereocenters. The molecule has 0 unspecified atom stereocenters. The number of ether oxygens (including phenoxy) is 2. The van der Waals surface area contributed by atoms with Crippen molar-refractivity contribution in [1.29, 1.82) is 0 Å². The zero-order valence-electron chi connectivity index (χ0n) is 15.3. The molecule has 0 spiro atoms. The lowest BCUT2D eigenvalue weighted by Gasteiger charge is -2.19. The summed E-state index contributed by atoms with van der Waals surface area (Å²) < 4.78 is 10.4. The molecule has 0 saturated heterocycles. The molecule has 2 N–H and O–H groups in total. The van der Waals surface area contributed by atoms with E-state index in [0.717, 1.165) is 18.7 Å². The van der Waals surface area contributed by atoms with Crippen LogP contribution >= 0.6 is 0 Å². The Hall–Kier alpha value is -2.24. The van der Waals surface area contributed by atoms with E-state index < -0.39 is 5.60 Å². The summed E-state index contributed by atoms with van der Waals surface area (Å²) in [5.41, 5.74) is 0.707. The third-order valence-electron chi connectivity index (χ3n) is 3.00. The number of carbonyl (C=O) groups is 1. The standard InChI is InChI=1S/C18H29N3O3/c1-6-19-17(21-13-16(22)24-18(2,3)4)20-12-11-14-7-9-15(23-5)10-8-14/h7-10H,6,11-13H2,1-5H3,(H2,19,20,21). The molecule has 0 radical (unpaired) electrons. The van der Waals surface area contributed by atoms with E-state index in [-0.39, 0.29) is 12.5 Å². The van der Waals surface area contributed by atoms with Crippen LogP contribution < -0.4 is 15.4 Å². The molecule has 1 aromatic rings. The van der Waals surface area contributed by atoms with E-state index >= 15 is 0 Å². The fourth-order valence-corrected chi connectivity index (χ4v) is 1.98. The van der Waals surface area contributed by atoms with Crippen molar-refractivity contribution in [2.45, 2.75) is 39.7 Å². The maximum absolute atomic E-state index is 11.7. The molecule has 0 aromatic heterocycles. The van der Waals surface area contributed by atoms with Crippen molar-refractivity contribution in [2.24, 2.45) is 4.99 Å². The van der Waals surface area contributed by atoms with E-state index in [1.54, 1.807) is 7.11 Å². The van der Waals surface area contributed by atoms with Gasteiger partial charge in [0.2, 0.25) is 0 Å². The van der Waals surface area contributed by atoms with Gasteiger partial charge in [-0.15, -0.1) is 0 Å². The summed E-state index contributed by atoms with van der Waals surface area (Å²) in [6, 6.07) is 7.95. The molecule has 1 aromatic carbocycles. The Labute approximate surface area is 144 Å². The number of nitrogens with zero attached hydrogens (tertiary/aromatic N) is 1. The van der Waals surface area contributed by atoms with Crippen molar-refractivity contribution in [1.82, 2.24) is 10.6 Å². The summed E-state index contributed by atoms with van der Waals surface area (Å²) in [4.78, 5) is 16.0. The van der Waals surface area contributed by atoms with Gasteiger partial charge in [0.05, 0.1) is 7.11 Å². The van der Waals surface area contributed by atoms with Crippen molar-refractivity contribution >= 4 is 11.9 Å². The van der Waals surface area contributed by atoms with Gasteiger partial charge in [-0.2, -0.15) is 0 Å². The van der Waals surface area contributed by atoms with Gasteiger partial charge >= 0.3 is 5.97 Å². The summed E-state index contributed by atoms with van der Waals surface area (Å²) in [5.74, 6) is 1.12. The van der Waals surface area contributed by atoms with Gasteiger partial charge in [-0.3, -0.25) is 4.79 Å². The molecule has 0 amide bonds. The van der Waals surface area contributed by atoms with Gasteiger partial charge in [0.15, 0.2) is 5.96 Å². The van der Waals surface area contributed by atoms with Crippen molar-refractivity contribution in [2.75, 3.05) is 26.7 Å². The van der Waals surface area contributed by atoms with E-state index in [2.05, 4.69) is 15.6 Å². The highest BCUT2D eigenvalue weighted by Crippen LogP contribution is 2.11. The molecule has 0 heterocycles. The number of benzene rings is 1. The van der Waals surface area contributed by atoms with Crippen LogP contribution in [0.3, 0.4) is 0 Å². The molecular weight excluding hydrogens is 306 g/mol. The predicted octanol–water partition coefficient (Wildman–Crippen LogP) is 2.13. The molecule has 24 heavy (non-hydrogen) atoms. The number of aliphatic imine (C=N–C) groups is 1. The molecule has 0 aliphatic heterocycles. The number of hydrogen-bond acceptors (Lipinski definition) is 4. The third-order valence-corrected chi connectivity index (χ3v) is 3.00. The first-order valence-corrected chi connectivity index (χ1v) is 8.21. The Morgan fingerprint density at radius 1 is 1.17 bits per heavy atom. The van der Waals surface area contributed by atoms with Gasteiger partial charge < -0.3 is 20.1 Å². The minimum absolute atomic E-state index is 0.00482. The number of methoxy groups -OCH3 is 1. The van der Waals surface area contributed by atoms with Crippen LogP contribution in [0.4, 0.5) is 0 Å². The Morgan fingerprint density at radius 3 is 2.38 bits per heavy atom. The van der Waals surface area contributed by atoms with Crippen molar-refractivity contribution in [3.63, 3.8) is 0 Å². The van der Waals surface area contributed by atoms with Crippen LogP contribution in [0.25, 0.3) is 0 Å². The zero-order chi connectivity index (χ0) is 18.0. The fourth-order valence-electron chi connectivity index (χ4n) is 1.98. The Kier molecular flexibility index (Phi) is 8.09. The topological polar surface area (TPSA) is 72.0 Å². The lowest BCUT2D eigenvalue weighted by atomic mass is 10.1. The SMILES string of the molecule is CCNC(=NCC(=O)OC(C)(C)C)NCCc1ccc(OC)cc1. The van der Waals surface area contributed by atoms with Crippen LogP contribution in [0.2, 0.25) is 0 Å². The second-order valence-corrected chi connectivity index (χ2v) is 6.31. The van der Waals surface area contributed by atoms with Crippen LogP contribution in [-0.2, 0) is 16.0 Å². The van der Waals surface area contributed by atoms with Gasteiger partial charge in [-0.1, -0.05) is 12.1 Å². The summed E-state index contributed by atoms with van der Waals surface area (Å²) in [6.07, 6.45) is 0.848. The second-order valence-electron chi connectivity index (χ2n) is 6.31. The molecule has 1 rings (SSSR count). The van der Waals surface area contributed by atoms with E-state index in [1.165, 1.54) is 5.56 Å². The highest BCUT2D eigenvalue weighted by molar-refractivity contribution is 5.83. The number of nitrogens with one attached hydrogen (secondary N) is 2. The first kappa shape index (κ1) is 19.8. The zero-order valence-corrected chi connectivity index (χ0v) is 15.3. The predicted molar refractivity (Wildman–Crippen MR) is 96.5 cm³/mol. The largest absolute Gasteiger partial charge is 0.497 e. The van der Waals surface area contributed by atoms with Crippen LogP contribution in [0.15, 0.2) is 29.3 Å². The van der Waals surface area contributed by atoms with Gasteiger partial charge in [-0.25, -0.2) is 4.99 Å². The minimum Gasteiger partial charge on any atom is -0.497 e. The molecule has 0 aliphatic carbocycles. The summed E-state index contributed by atoms with van der Waals surface area (Å²) in [7, 11) is 1.65. The van der Waals surface area contributed by atoms with Crippen LogP contribution in [0.1, 0.15) is 33.3 Å². The van der Waals surface area contributed by atoms with E-state index in [1.807, 2.05) is 52.0 Å². The molecule has 0 aliphatic rings. The Balaban J connectivity index is 2.46. The lowest BCUT2D eigenvalue weighted by Crippen LogP contribution is -2.39. The minimum atomic E-state index is -0.493. The van der Waals surface area contributed by atoms with Crippen LogP contribution in [-0.4, -0.2) is 44.3 Å². The van der Waals surface area contributed by atoms with Gasteiger partial charge in [0.1, 0.15) is 17.9 Å². The van der Waals surface area contributed by atoms with Crippen LogP contribution in [0, 0.1) is 0 Å². The van der Waals surface area contributed by atoms with Crippen molar-refractivity contribution in [3.8, 4) is 5.75 Å². The van der Waals surface area contributed by atoms with Gasteiger partial charge in [-0.05, 0) is 51.8 Å². The Bertz CT molecular complexity index is 533. The van der Waals surface area contributed by atoms with Gasteiger partial charge in [0.25, 0.3) is 0 Å². The number of rotatable bonds is 7. The quantitative estimate of drug-likeness (QED) is 0.454. The molecule has 0 bridgehead atoms. The van der Waals surface area contributed by atoms with E-state index in [9.17, 15) is 4.79 Å². The monoisotopic (exact) mass is 335 g/mol. The number of guanidine groups is 1. The summed E-state index contributed by atoms with van der Waals surface area (Å²) in [6.45, 7) is 8.94. The highest BCUT2D eigenvalue weighted by Gasteiger charge is 2.15. The van der Waals surface area contributed by atoms with Crippen molar-refractivity contribution < 1.29 is 14.3 Å². The average Bonchev–Trinajstić information content (AvgIpc) is 2.51. The van der Waals surface area contributed by atoms with E-state index in [4.69, 9.17) is 9.47 Å². The molecule has 0 saturated carbocycles. The smallest absolute Gasteiger partial charge is 0.328 e. The first-order valence-electron chi connectivity index (χ1n) is 8.21. The molecule has 0 fully saturated rings. The number of esters is 1. The fraction of sp³-hybridized carbons (Fsp3) is 0.556. The maximum Gasteiger partial charge on any atom is 0.328 e. The molecular formula is C18H29N3O3. The van der Waals surface area contributed by atoms with Gasteiger partial charge in [0, 0.05) is 13.1 Å². The van der Waals surface area contributed by atoms with Crippen molar-refractivity contribution in [3.05, 3.63) is 29.8 Å². The molecule has 6 heteroatoms. The normalized spacial score (nSPS) is 11.8. The summed E-state index contributed by atoms with van der Waals surface area (Å²) >= 11 is 0. The first-order chi connectivity index (χ1) is 11.3. The van der Waals surface area contributed by atoms with Crippen LogP contribution in [0.5, 0.6) is 5.75 Å². The van der Waals surface area contributed by atoms with E-state index in [0.29, 0.717) is 12.5 Å². The Morgan fingerprint density at radius 2 is 1.83 bits per heavy atom. The lowest BCUT2D eigenvalue weighted by molar-refractivity contribution is -0.152. The molecule has 6 nitrogen and oxygen atoms in total. The average molecular weight is 335 g/mol. The number of hydrogen-bond donors (Lipinski definition) is 2. The third kappa shape index (κ3) is 8.41.